The van der Waals surface area contributed by atoms with Crippen LogP contribution >= 0.6 is 11.6 Å². The molecule has 3 heterocycles. The molecule has 1 aliphatic rings. The molecule has 1 fully saturated rings. The molecule has 10 heteroatoms. The Labute approximate surface area is 138 Å². The van der Waals surface area contributed by atoms with Crippen molar-refractivity contribution in [3.63, 3.8) is 0 Å². The largest absolute Gasteiger partial charge is 0.451 e. The Morgan fingerprint density at radius 2 is 2.04 bits per heavy atom. The first-order valence-corrected chi connectivity index (χ1v) is 7.50. The van der Waals surface area contributed by atoms with E-state index in [0.29, 0.717) is 5.69 Å². The van der Waals surface area contributed by atoms with E-state index < -0.39 is 12.0 Å². The highest BCUT2D eigenvalue weighted by molar-refractivity contribution is 6.32. The molecule has 0 unspecified atom stereocenters. The van der Waals surface area contributed by atoms with Crippen molar-refractivity contribution >= 4 is 28.6 Å². The third-order valence-corrected chi connectivity index (χ3v) is 3.87. The minimum absolute atomic E-state index is 0.0357. The number of anilines is 1. The van der Waals surface area contributed by atoms with E-state index in [2.05, 4.69) is 25.3 Å². The number of nitrogens with zero attached hydrogens (tertiary/aromatic N) is 5. The van der Waals surface area contributed by atoms with Gasteiger partial charge >= 0.3 is 6.18 Å². The number of aromatic nitrogens is 5. The van der Waals surface area contributed by atoms with Gasteiger partial charge < -0.3 is 5.32 Å². The van der Waals surface area contributed by atoms with Gasteiger partial charge in [-0.15, -0.1) is 0 Å². The zero-order valence-corrected chi connectivity index (χ0v) is 12.8. The highest BCUT2D eigenvalue weighted by Gasteiger charge is 2.37. The van der Waals surface area contributed by atoms with Gasteiger partial charge in [-0.05, 0) is 18.9 Å². The lowest BCUT2D eigenvalue weighted by molar-refractivity contribution is -0.144. The van der Waals surface area contributed by atoms with Gasteiger partial charge in [0, 0.05) is 18.4 Å². The van der Waals surface area contributed by atoms with Crippen molar-refractivity contribution in [3.8, 4) is 5.69 Å². The van der Waals surface area contributed by atoms with Crippen molar-refractivity contribution in [1.82, 2.24) is 24.5 Å². The van der Waals surface area contributed by atoms with E-state index in [1.807, 2.05) is 0 Å². The highest BCUT2D eigenvalue weighted by atomic mass is 35.5. The van der Waals surface area contributed by atoms with Crippen LogP contribution in [-0.4, -0.2) is 30.5 Å². The van der Waals surface area contributed by atoms with Crippen LogP contribution in [0.15, 0.2) is 24.8 Å². The number of imidazole rings is 1. The molecule has 3 aromatic heterocycles. The Kier molecular flexibility index (Phi) is 3.34. The first-order valence-electron chi connectivity index (χ1n) is 7.12. The van der Waals surface area contributed by atoms with Crippen molar-refractivity contribution in [3.05, 3.63) is 35.6 Å². The van der Waals surface area contributed by atoms with Gasteiger partial charge in [0.25, 0.3) is 0 Å². The summed E-state index contributed by atoms with van der Waals surface area (Å²) < 4.78 is 40.8. The van der Waals surface area contributed by atoms with Crippen LogP contribution in [-0.2, 0) is 6.18 Å². The highest BCUT2D eigenvalue weighted by Crippen LogP contribution is 2.33. The van der Waals surface area contributed by atoms with Crippen LogP contribution in [0.2, 0.25) is 5.02 Å². The van der Waals surface area contributed by atoms with E-state index in [1.54, 1.807) is 6.07 Å². The second-order valence-electron chi connectivity index (χ2n) is 5.43. The number of halogens is 4. The van der Waals surface area contributed by atoms with Gasteiger partial charge in [-0.3, -0.25) is 9.55 Å². The van der Waals surface area contributed by atoms with Crippen LogP contribution in [0, 0.1) is 0 Å². The van der Waals surface area contributed by atoms with Crippen LogP contribution in [0.25, 0.3) is 16.9 Å². The van der Waals surface area contributed by atoms with Gasteiger partial charge in [-0.1, -0.05) is 11.6 Å². The molecule has 0 atom stereocenters. The standard InChI is InChI=1S/C14H10ClF3N6/c15-8-5-19-4-3-9(8)24-6-20-10-11(21-7-1-2-7)22-13(14(16,17)18)23-12(10)24/h3-7H,1-2H2,(H,21,22,23). The minimum atomic E-state index is -4.66. The topological polar surface area (TPSA) is 68.5 Å². The van der Waals surface area contributed by atoms with Gasteiger partial charge in [0.1, 0.15) is 6.33 Å². The number of hydrogen-bond acceptors (Lipinski definition) is 5. The molecule has 124 valence electrons. The van der Waals surface area contributed by atoms with Crippen molar-refractivity contribution in [2.24, 2.45) is 0 Å². The van der Waals surface area contributed by atoms with Gasteiger partial charge in [-0.2, -0.15) is 13.2 Å². The predicted molar refractivity (Wildman–Crippen MR) is 81.1 cm³/mol. The Morgan fingerprint density at radius 3 is 2.71 bits per heavy atom. The summed E-state index contributed by atoms with van der Waals surface area (Å²) in [4.78, 5) is 15.3. The van der Waals surface area contributed by atoms with Crippen molar-refractivity contribution in [2.45, 2.75) is 25.1 Å². The molecule has 0 radical (unpaired) electrons. The Balaban J connectivity index is 1.95. The second kappa shape index (κ2) is 5.30. The number of alkyl halides is 3. The molecule has 6 nitrogen and oxygen atoms in total. The zero-order chi connectivity index (χ0) is 16.9. The monoisotopic (exact) mass is 354 g/mol. The Morgan fingerprint density at radius 1 is 1.25 bits per heavy atom. The lowest BCUT2D eigenvalue weighted by atomic mass is 10.4. The molecular weight excluding hydrogens is 345 g/mol. The van der Waals surface area contributed by atoms with Crippen LogP contribution < -0.4 is 5.32 Å². The SMILES string of the molecule is FC(F)(F)c1nc(NC2CC2)c2ncn(-c3ccncc3Cl)c2n1. The fourth-order valence-electron chi connectivity index (χ4n) is 2.29. The summed E-state index contributed by atoms with van der Waals surface area (Å²) in [6.45, 7) is 0. The molecule has 0 saturated heterocycles. The number of pyridine rings is 1. The molecule has 0 amide bonds. The molecule has 0 bridgehead atoms. The summed E-state index contributed by atoms with van der Waals surface area (Å²) >= 11 is 6.09. The third kappa shape index (κ3) is 2.64. The normalized spacial score (nSPS) is 15.0. The average Bonchev–Trinajstić information content (AvgIpc) is 3.23. The van der Waals surface area contributed by atoms with E-state index in [-0.39, 0.29) is 28.0 Å². The van der Waals surface area contributed by atoms with Gasteiger partial charge in [0.15, 0.2) is 17.0 Å². The molecular formula is C14H10ClF3N6. The molecule has 1 N–H and O–H groups in total. The molecule has 24 heavy (non-hydrogen) atoms. The van der Waals surface area contributed by atoms with Crippen LogP contribution in [0.3, 0.4) is 0 Å². The van der Waals surface area contributed by atoms with Crippen LogP contribution in [0.5, 0.6) is 0 Å². The van der Waals surface area contributed by atoms with Crippen molar-refractivity contribution in [2.75, 3.05) is 5.32 Å². The third-order valence-electron chi connectivity index (χ3n) is 3.58. The molecule has 1 saturated carbocycles. The number of rotatable bonds is 3. The molecule has 0 spiro atoms. The minimum Gasteiger partial charge on any atom is -0.365 e. The molecule has 3 aromatic rings. The summed E-state index contributed by atoms with van der Waals surface area (Å²) in [7, 11) is 0. The predicted octanol–water partition coefficient (Wildman–Crippen LogP) is 3.46. The lowest BCUT2D eigenvalue weighted by Crippen LogP contribution is -2.15. The van der Waals surface area contributed by atoms with E-state index in [0.717, 1.165) is 12.8 Å². The number of hydrogen-bond donors (Lipinski definition) is 1. The van der Waals surface area contributed by atoms with Gasteiger partial charge in [0.2, 0.25) is 5.82 Å². The second-order valence-corrected chi connectivity index (χ2v) is 5.83. The van der Waals surface area contributed by atoms with Gasteiger partial charge in [-0.25, -0.2) is 15.0 Å². The van der Waals surface area contributed by atoms with Crippen LogP contribution in [0.4, 0.5) is 19.0 Å². The van der Waals surface area contributed by atoms with Crippen molar-refractivity contribution < 1.29 is 13.2 Å². The smallest absolute Gasteiger partial charge is 0.365 e. The van der Waals surface area contributed by atoms with Crippen LogP contribution in [0.1, 0.15) is 18.7 Å². The average molecular weight is 355 g/mol. The summed E-state index contributed by atoms with van der Waals surface area (Å²) in [6.07, 6.45) is 1.39. The summed E-state index contributed by atoms with van der Waals surface area (Å²) in [5.41, 5.74) is 0.745. The van der Waals surface area contributed by atoms with Gasteiger partial charge in [0.05, 0.1) is 10.7 Å². The maximum Gasteiger partial charge on any atom is 0.451 e. The van der Waals surface area contributed by atoms with E-state index in [1.165, 1.54) is 23.3 Å². The maximum atomic E-state index is 13.2. The molecule has 4 rings (SSSR count). The molecule has 0 aromatic carbocycles. The number of nitrogens with one attached hydrogen (secondary N) is 1. The molecule has 1 aliphatic carbocycles. The zero-order valence-electron chi connectivity index (χ0n) is 12.0. The summed E-state index contributed by atoms with van der Waals surface area (Å²) in [5.74, 6) is -1.14. The Hall–Kier alpha value is -2.42. The molecule has 0 aliphatic heterocycles. The van der Waals surface area contributed by atoms with E-state index >= 15 is 0 Å². The Bertz CT molecular complexity index is 919. The fraction of sp³-hybridized carbons (Fsp3) is 0.286. The quantitative estimate of drug-likeness (QED) is 0.780. The van der Waals surface area contributed by atoms with E-state index in [9.17, 15) is 13.2 Å². The first-order chi connectivity index (χ1) is 11.4. The fourth-order valence-corrected chi connectivity index (χ4v) is 2.50. The maximum absolute atomic E-state index is 13.2. The first kappa shape index (κ1) is 15.1. The number of fused-ring (bicyclic) bond motifs is 1. The van der Waals surface area contributed by atoms with Crippen molar-refractivity contribution in [1.29, 1.82) is 0 Å². The summed E-state index contributed by atoms with van der Waals surface area (Å²) in [6, 6.07) is 1.70. The van der Waals surface area contributed by atoms with E-state index in [4.69, 9.17) is 11.6 Å². The lowest BCUT2D eigenvalue weighted by Gasteiger charge is -2.11. The summed E-state index contributed by atoms with van der Waals surface area (Å²) in [5, 5.41) is 3.26.